The molecule has 6 heteroatoms. The number of hydrogen-bond donors (Lipinski definition) is 0. The van der Waals surface area contributed by atoms with Gasteiger partial charge in [0.05, 0.1) is 38.0 Å². The molecule has 0 radical (unpaired) electrons. The molecule has 3 heterocycles. The highest BCUT2D eigenvalue weighted by Crippen LogP contribution is 2.31. The van der Waals surface area contributed by atoms with Gasteiger partial charge in [0.1, 0.15) is 11.6 Å². The van der Waals surface area contributed by atoms with Crippen LogP contribution in [0, 0.1) is 13.8 Å². The summed E-state index contributed by atoms with van der Waals surface area (Å²) in [7, 11) is 1.64. The lowest BCUT2D eigenvalue weighted by Gasteiger charge is -2.18. The zero-order valence-corrected chi connectivity index (χ0v) is 18.6. The number of benzene rings is 2. The Labute approximate surface area is 187 Å². The average Bonchev–Trinajstić information content (AvgIpc) is 3.52. The molecule has 1 aliphatic rings. The third-order valence-electron chi connectivity index (χ3n) is 6.16. The molecule has 0 atom stereocenters. The molecule has 2 aromatic carbocycles. The topological polar surface area (TPSA) is 52.3 Å². The Hall–Kier alpha value is -3.80. The Morgan fingerprint density at radius 2 is 1.81 bits per heavy atom. The molecule has 1 amide bonds. The van der Waals surface area contributed by atoms with Crippen molar-refractivity contribution in [1.29, 1.82) is 0 Å². The molecule has 4 aromatic rings. The standard InChI is InChI=1S/C26H26N4O2/c1-18-9-10-21(13-19(18)2)30-26(28-11-4-5-12-28)23-16-29(17-24(23)27-30)25(31)15-20-7-6-8-22(14-20)32-3/h4-14H,15-17H2,1-3H3. The summed E-state index contributed by atoms with van der Waals surface area (Å²) in [6.07, 6.45) is 4.39. The molecule has 0 bridgehead atoms. The van der Waals surface area contributed by atoms with Crippen LogP contribution < -0.4 is 4.74 Å². The lowest BCUT2D eigenvalue weighted by molar-refractivity contribution is -0.131. The zero-order valence-electron chi connectivity index (χ0n) is 18.6. The van der Waals surface area contributed by atoms with Crippen LogP contribution in [0.3, 0.4) is 0 Å². The number of hydrogen-bond acceptors (Lipinski definition) is 3. The first-order chi connectivity index (χ1) is 15.5. The smallest absolute Gasteiger partial charge is 0.227 e. The van der Waals surface area contributed by atoms with Crippen LogP contribution in [0.25, 0.3) is 11.5 Å². The Morgan fingerprint density at radius 3 is 2.56 bits per heavy atom. The summed E-state index contributed by atoms with van der Waals surface area (Å²) in [6, 6.07) is 18.1. The van der Waals surface area contributed by atoms with E-state index in [2.05, 4.69) is 36.6 Å². The van der Waals surface area contributed by atoms with Gasteiger partial charge in [0.2, 0.25) is 5.91 Å². The molecule has 0 aliphatic carbocycles. The van der Waals surface area contributed by atoms with Crippen LogP contribution in [0.2, 0.25) is 0 Å². The fraction of sp³-hybridized carbons (Fsp3) is 0.231. The van der Waals surface area contributed by atoms with Gasteiger partial charge in [-0.05, 0) is 66.9 Å². The van der Waals surface area contributed by atoms with E-state index >= 15 is 0 Å². The number of nitrogens with zero attached hydrogens (tertiary/aromatic N) is 4. The highest BCUT2D eigenvalue weighted by atomic mass is 16.5. The lowest BCUT2D eigenvalue weighted by Crippen LogP contribution is -2.28. The van der Waals surface area contributed by atoms with Crippen molar-refractivity contribution in [3.63, 3.8) is 0 Å². The number of aryl methyl sites for hydroxylation is 2. The van der Waals surface area contributed by atoms with Crippen LogP contribution in [0.5, 0.6) is 5.75 Å². The van der Waals surface area contributed by atoms with Gasteiger partial charge in [-0.2, -0.15) is 5.10 Å². The fourth-order valence-corrected chi connectivity index (χ4v) is 4.23. The van der Waals surface area contributed by atoms with Gasteiger partial charge in [0.15, 0.2) is 0 Å². The van der Waals surface area contributed by atoms with Crippen molar-refractivity contribution >= 4 is 5.91 Å². The van der Waals surface area contributed by atoms with E-state index in [1.807, 2.05) is 58.4 Å². The second kappa shape index (κ2) is 8.04. The summed E-state index contributed by atoms with van der Waals surface area (Å²) >= 11 is 0. The molecule has 2 aromatic heterocycles. The summed E-state index contributed by atoms with van der Waals surface area (Å²) in [5.41, 5.74) is 6.51. The van der Waals surface area contributed by atoms with Crippen LogP contribution in [-0.4, -0.2) is 32.3 Å². The summed E-state index contributed by atoms with van der Waals surface area (Å²) in [4.78, 5) is 14.9. The summed E-state index contributed by atoms with van der Waals surface area (Å²) in [5, 5.41) is 4.94. The van der Waals surface area contributed by atoms with Crippen molar-refractivity contribution in [2.75, 3.05) is 7.11 Å². The Bertz CT molecular complexity index is 1290. The van der Waals surface area contributed by atoms with E-state index < -0.39 is 0 Å². The molecule has 5 rings (SSSR count). The quantitative estimate of drug-likeness (QED) is 0.476. The van der Waals surface area contributed by atoms with E-state index in [1.165, 1.54) is 11.1 Å². The van der Waals surface area contributed by atoms with E-state index in [0.717, 1.165) is 34.1 Å². The Morgan fingerprint density at radius 1 is 1.00 bits per heavy atom. The van der Waals surface area contributed by atoms with Gasteiger partial charge in [-0.3, -0.25) is 4.79 Å². The number of amides is 1. The van der Waals surface area contributed by atoms with Crippen LogP contribution >= 0.6 is 0 Å². The monoisotopic (exact) mass is 426 g/mol. The maximum Gasteiger partial charge on any atom is 0.227 e. The second-order valence-electron chi connectivity index (χ2n) is 8.30. The second-order valence-corrected chi connectivity index (χ2v) is 8.30. The molecule has 162 valence electrons. The van der Waals surface area contributed by atoms with E-state index in [9.17, 15) is 4.79 Å². The first kappa shape index (κ1) is 20.1. The van der Waals surface area contributed by atoms with Crippen molar-refractivity contribution < 1.29 is 9.53 Å². The van der Waals surface area contributed by atoms with E-state index in [0.29, 0.717) is 19.5 Å². The Kier molecular flexibility index (Phi) is 5.05. The molecule has 0 N–H and O–H groups in total. The summed E-state index contributed by atoms with van der Waals surface area (Å²) in [5.74, 6) is 1.84. The molecule has 0 spiro atoms. The van der Waals surface area contributed by atoms with Gasteiger partial charge in [-0.1, -0.05) is 18.2 Å². The highest BCUT2D eigenvalue weighted by Gasteiger charge is 2.31. The predicted octanol–water partition coefficient (Wildman–Crippen LogP) is 4.37. The number of rotatable bonds is 5. The van der Waals surface area contributed by atoms with Gasteiger partial charge < -0.3 is 14.2 Å². The van der Waals surface area contributed by atoms with E-state index in [4.69, 9.17) is 9.84 Å². The minimum absolute atomic E-state index is 0.0902. The first-order valence-corrected chi connectivity index (χ1v) is 10.8. The van der Waals surface area contributed by atoms with E-state index in [1.54, 1.807) is 7.11 Å². The molecule has 1 aliphatic heterocycles. The molecule has 32 heavy (non-hydrogen) atoms. The molecule has 0 unspecified atom stereocenters. The van der Waals surface area contributed by atoms with Crippen molar-refractivity contribution in [2.45, 2.75) is 33.4 Å². The highest BCUT2D eigenvalue weighted by molar-refractivity contribution is 5.79. The van der Waals surface area contributed by atoms with Gasteiger partial charge in [-0.25, -0.2) is 4.68 Å². The summed E-state index contributed by atoms with van der Waals surface area (Å²) in [6.45, 7) is 5.30. The van der Waals surface area contributed by atoms with Crippen molar-refractivity contribution in [3.05, 3.63) is 94.9 Å². The molecule has 0 fully saturated rings. The van der Waals surface area contributed by atoms with Crippen molar-refractivity contribution in [3.8, 4) is 17.3 Å². The number of aromatic nitrogens is 3. The zero-order chi connectivity index (χ0) is 22.2. The first-order valence-electron chi connectivity index (χ1n) is 10.8. The van der Waals surface area contributed by atoms with Crippen LogP contribution in [0.1, 0.15) is 27.9 Å². The average molecular weight is 427 g/mol. The van der Waals surface area contributed by atoms with Gasteiger partial charge in [0, 0.05) is 18.0 Å². The number of carbonyl (C=O) groups is 1. The number of ether oxygens (including phenoxy) is 1. The molecular formula is C26H26N4O2. The van der Waals surface area contributed by atoms with Gasteiger partial charge in [0.25, 0.3) is 0 Å². The number of carbonyl (C=O) groups excluding carboxylic acids is 1. The third kappa shape index (κ3) is 3.58. The number of fused-ring (bicyclic) bond motifs is 1. The number of methoxy groups -OCH3 is 1. The normalized spacial score (nSPS) is 12.8. The molecule has 0 saturated carbocycles. The van der Waals surface area contributed by atoms with Crippen molar-refractivity contribution in [2.24, 2.45) is 0 Å². The maximum atomic E-state index is 13.1. The minimum atomic E-state index is 0.0902. The minimum Gasteiger partial charge on any atom is -0.497 e. The Balaban J connectivity index is 1.46. The van der Waals surface area contributed by atoms with Crippen LogP contribution in [0.4, 0.5) is 0 Å². The summed E-state index contributed by atoms with van der Waals surface area (Å²) < 4.78 is 9.37. The van der Waals surface area contributed by atoms with E-state index in [-0.39, 0.29) is 5.91 Å². The maximum absolute atomic E-state index is 13.1. The lowest BCUT2D eigenvalue weighted by atomic mass is 10.1. The fourth-order valence-electron chi connectivity index (χ4n) is 4.23. The van der Waals surface area contributed by atoms with Crippen LogP contribution in [-0.2, 0) is 24.3 Å². The SMILES string of the molecule is COc1cccc(CC(=O)N2Cc3nn(-c4ccc(C)c(C)c4)c(-n4cccc4)c3C2)c1. The van der Waals surface area contributed by atoms with Crippen molar-refractivity contribution in [1.82, 2.24) is 19.2 Å². The third-order valence-corrected chi connectivity index (χ3v) is 6.16. The van der Waals surface area contributed by atoms with Gasteiger partial charge >= 0.3 is 0 Å². The molecule has 6 nitrogen and oxygen atoms in total. The van der Waals surface area contributed by atoms with Crippen LogP contribution in [0.15, 0.2) is 67.0 Å². The molecule has 0 saturated heterocycles. The van der Waals surface area contributed by atoms with Gasteiger partial charge in [-0.15, -0.1) is 0 Å². The predicted molar refractivity (Wildman–Crippen MR) is 123 cm³/mol. The largest absolute Gasteiger partial charge is 0.497 e. The molecular weight excluding hydrogens is 400 g/mol.